The zero-order valence-electron chi connectivity index (χ0n) is 23.3. The Hall–Kier alpha value is -5.35. The molecule has 6 rings (SSSR count). The maximum absolute atomic E-state index is 11.8. The summed E-state index contributed by atoms with van der Waals surface area (Å²) in [5.74, 6) is -1.72. The highest BCUT2D eigenvalue weighted by atomic mass is 35.5. The van der Waals surface area contributed by atoms with Crippen molar-refractivity contribution in [3.05, 3.63) is 108 Å². The van der Waals surface area contributed by atoms with Crippen LogP contribution in [0.2, 0.25) is 5.02 Å². The summed E-state index contributed by atoms with van der Waals surface area (Å²) >= 11 is 6.23. The lowest BCUT2D eigenvalue weighted by molar-refractivity contribution is 0.0506. The van der Waals surface area contributed by atoms with E-state index in [1.807, 2.05) is 71.4 Å². The van der Waals surface area contributed by atoms with E-state index in [9.17, 15) is 19.8 Å². The number of benzene rings is 2. The molecule has 0 aliphatic heterocycles. The van der Waals surface area contributed by atoms with E-state index in [1.165, 1.54) is 6.20 Å². The molecule has 0 fully saturated rings. The van der Waals surface area contributed by atoms with E-state index in [2.05, 4.69) is 9.97 Å². The number of carbonyl (C=O) groups excluding carboxylic acids is 2. The van der Waals surface area contributed by atoms with E-state index in [0.29, 0.717) is 21.3 Å². The highest BCUT2D eigenvalue weighted by Gasteiger charge is 2.22. The monoisotopic (exact) mass is 598 g/mol. The Bertz CT molecular complexity index is 1920. The number of halogens is 1. The van der Waals surface area contributed by atoms with E-state index in [1.54, 1.807) is 36.9 Å². The van der Waals surface area contributed by atoms with E-state index in [0.717, 1.165) is 16.9 Å². The average molecular weight is 599 g/mol. The number of hydrogen-bond acceptors (Lipinski definition) is 8. The molecule has 0 spiro atoms. The lowest BCUT2D eigenvalue weighted by Gasteiger charge is -2.07. The van der Waals surface area contributed by atoms with Crippen LogP contribution < -0.4 is 0 Å². The quantitative estimate of drug-likeness (QED) is 0.209. The fraction of sp³-hybridized carbons (Fsp3) is 0.125. The van der Waals surface area contributed by atoms with E-state index < -0.39 is 11.9 Å². The normalized spacial score (nSPS) is 10.8. The van der Waals surface area contributed by atoms with Gasteiger partial charge in [0.2, 0.25) is 0 Å². The van der Waals surface area contributed by atoms with Gasteiger partial charge >= 0.3 is 11.9 Å². The summed E-state index contributed by atoms with van der Waals surface area (Å²) in [6, 6.07) is 21.0. The number of para-hydroxylation sites is 2. The Morgan fingerprint density at radius 1 is 0.744 bits per heavy atom. The fourth-order valence-corrected chi connectivity index (χ4v) is 4.85. The first-order chi connectivity index (χ1) is 20.8. The summed E-state index contributed by atoms with van der Waals surface area (Å²) in [4.78, 5) is 31.6. The minimum Gasteiger partial charge on any atom is -0.505 e. The third-order valence-electron chi connectivity index (χ3n) is 6.50. The van der Waals surface area contributed by atoms with Crippen LogP contribution in [0.1, 0.15) is 34.8 Å². The molecule has 4 aromatic heterocycles. The van der Waals surface area contributed by atoms with E-state index in [-0.39, 0.29) is 36.1 Å². The molecule has 0 atom stereocenters. The third-order valence-corrected chi connectivity index (χ3v) is 6.79. The molecule has 2 aromatic carbocycles. The second-order valence-electron chi connectivity index (χ2n) is 9.11. The zero-order chi connectivity index (χ0) is 30.5. The van der Waals surface area contributed by atoms with Crippen LogP contribution in [-0.4, -0.2) is 54.5 Å². The standard InChI is InChI=1S/C16H13ClN2O3.C16H14N2O3/c1-2-22-16(21)14-15(20)13-11(17)9-19(12(13)8-18-14)10-6-4-3-5-7-10;1-2-21-16(20)14-15(19)12-8-9-18(13(12)10-17-14)11-6-4-3-5-7-11/h3-9,20H,2H2,1H3;3-10,19H,2H2,1H3. The van der Waals surface area contributed by atoms with Crippen LogP contribution in [0.25, 0.3) is 33.2 Å². The number of nitrogens with zero attached hydrogens (tertiary/aromatic N) is 4. The number of carbonyl (C=O) groups is 2. The van der Waals surface area contributed by atoms with E-state index >= 15 is 0 Å². The molecule has 0 bridgehead atoms. The summed E-state index contributed by atoms with van der Waals surface area (Å²) in [5, 5.41) is 21.8. The molecule has 11 heteroatoms. The number of ether oxygens (including phenoxy) is 2. The summed E-state index contributed by atoms with van der Waals surface area (Å²) < 4.78 is 13.5. The van der Waals surface area contributed by atoms with Gasteiger partial charge in [-0.25, -0.2) is 19.6 Å². The van der Waals surface area contributed by atoms with Crippen molar-refractivity contribution in [1.82, 2.24) is 19.1 Å². The van der Waals surface area contributed by atoms with Crippen molar-refractivity contribution in [3.8, 4) is 22.9 Å². The molecular formula is C32H27ClN4O6. The van der Waals surface area contributed by atoms with Crippen molar-refractivity contribution >= 4 is 45.3 Å². The Kier molecular flexibility index (Phi) is 8.59. The van der Waals surface area contributed by atoms with Gasteiger partial charge in [0.05, 0.1) is 47.0 Å². The first-order valence-corrected chi connectivity index (χ1v) is 13.8. The Balaban J connectivity index is 0.000000171. The molecule has 0 unspecified atom stereocenters. The minimum absolute atomic E-state index is 0.0600. The van der Waals surface area contributed by atoms with Crippen LogP contribution in [0, 0.1) is 0 Å². The summed E-state index contributed by atoms with van der Waals surface area (Å²) in [7, 11) is 0. The zero-order valence-corrected chi connectivity index (χ0v) is 24.0. The predicted octanol–water partition coefficient (Wildman–Crippen LogP) is 6.47. The highest BCUT2D eigenvalue weighted by molar-refractivity contribution is 6.36. The molecule has 218 valence electrons. The third kappa shape index (κ3) is 5.73. The van der Waals surface area contributed by atoms with Gasteiger partial charge < -0.3 is 28.8 Å². The van der Waals surface area contributed by atoms with Crippen LogP contribution >= 0.6 is 11.6 Å². The van der Waals surface area contributed by atoms with Crippen molar-refractivity contribution in [1.29, 1.82) is 0 Å². The first kappa shape index (κ1) is 29.2. The topological polar surface area (TPSA) is 129 Å². The van der Waals surface area contributed by atoms with E-state index in [4.69, 9.17) is 21.1 Å². The number of fused-ring (bicyclic) bond motifs is 2. The number of aromatic nitrogens is 4. The van der Waals surface area contributed by atoms with Crippen molar-refractivity contribution in [3.63, 3.8) is 0 Å². The number of esters is 2. The average Bonchev–Trinajstić information content (AvgIpc) is 3.61. The summed E-state index contributed by atoms with van der Waals surface area (Å²) in [6.45, 7) is 3.84. The largest absolute Gasteiger partial charge is 0.505 e. The van der Waals surface area contributed by atoms with Crippen LogP contribution in [0.15, 0.2) is 91.5 Å². The predicted molar refractivity (Wildman–Crippen MR) is 162 cm³/mol. The van der Waals surface area contributed by atoms with Crippen molar-refractivity contribution in [2.45, 2.75) is 13.8 Å². The van der Waals surface area contributed by atoms with Gasteiger partial charge in [-0.15, -0.1) is 0 Å². The summed E-state index contributed by atoms with van der Waals surface area (Å²) in [6.07, 6.45) is 6.57. The Morgan fingerprint density at radius 3 is 1.81 bits per heavy atom. The number of hydrogen-bond donors (Lipinski definition) is 2. The Morgan fingerprint density at radius 2 is 1.26 bits per heavy atom. The van der Waals surface area contributed by atoms with Crippen molar-refractivity contribution < 1.29 is 29.3 Å². The van der Waals surface area contributed by atoms with Gasteiger partial charge in [-0.1, -0.05) is 48.0 Å². The first-order valence-electron chi connectivity index (χ1n) is 13.4. The molecule has 43 heavy (non-hydrogen) atoms. The molecule has 10 nitrogen and oxygen atoms in total. The highest BCUT2D eigenvalue weighted by Crippen LogP contribution is 2.36. The lowest BCUT2D eigenvalue weighted by Crippen LogP contribution is -2.07. The molecule has 4 heterocycles. The number of pyridine rings is 2. The molecule has 2 N–H and O–H groups in total. The smallest absolute Gasteiger partial charge is 0.360 e. The lowest BCUT2D eigenvalue weighted by atomic mass is 10.2. The molecule has 0 amide bonds. The van der Waals surface area contributed by atoms with Gasteiger partial charge in [-0.05, 0) is 44.2 Å². The van der Waals surface area contributed by atoms with Crippen molar-refractivity contribution in [2.24, 2.45) is 0 Å². The molecule has 0 saturated carbocycles. The molecule has 0 saturated heterocycles. The summed E-state index contributed by atoms with van der Waals surface area (Å²) in [5.41, 5.74) is 2.98. The molecule has 6 aromatic rings. The van der Waals surface area contributed by atoms with Gasteiger partial charge in [0, 0.05) is 29.2 Å². The van der Waals surface area contributed by atoms with Gasteiger partial charge in [0.1, 0.15) is 0 Å². The molecule has 0 aliphatic carbocycles. The van der Waals surface area contributed by atoms with Crippen LogP contribution in [-0.2, 0) is 9.47 Å². The SMILES string of the molecule is CCOC(=O)c1ncc2c(c(Cl)cn2-c2ccccc2)c1O.CCOC(=O)c1ncc2c(ccn2-c2ccccc2)c1O. The maximum Gasteiger partial charge on any atom is 0.360 e. The molecular weight excluding hydrogens is 572 g/mol. The van der Waals surface area contributed by atoms with Crippen LogP contribution in [0.3, 0.4) is 0 Å². The maximum atomic E-state index is 11.8. The van der Waals surface area contributed by atoms with Gasteiger partial charge in [-0.2, -0.15) is 0 Å². The van der Waals surface area contributed by atoms with Crippen LogP contribution in [0.4, 0.5) is 0 Å². The van der Waals surface area contributed by atoms with Crippen LogP contribution in [0.5, 0.6) is 11.5 Å². The molecule has 0 aliphatic rings. The second kappa shape index (κ2) is 12.7. The number of aromatic hydroxyl groups is 2. The van der Waals surface area contributed by atoms with Gasteiger partial charge in [0.15, 0.2) is 22.9 Å². The Labute approximate surface area is 251 Å². The van der Waals surface area contributed by atoms with Gasteiger partial charge in [-0.3, -0.25) is 0 Å². The minimum atomic E-state index is -0.676. The number of rotatable bonds is 6. The van der Waals surface area contributed by atoms with Gasteiger partial charge in [0.25, 0.3) is 0 Å². The molecule has 0 radical (unpaired) electrons. The van der Waals surface area contributed by atoms with Crippen molar-refractivity contribution in [2.75, 3.05) is 13.2 Å². The second-order valence-corrected chi connectivity index (χ2v) is 9.52. The fourth-order valence-electron chi connectivity index (χ4n) is 4.56.